The molecule has 11 nitrogen and oxygen atoms in total. The van der Waals surface area contributed by atoms with Crippen molar-refractivity contribution >= 4 is 40.1 Å². The topological polar surface area (TPSA) is 156 Å². The van der Waals surface area contributed by atoms with Crippen molar-refractivity contribution in [3.05, 3.63) is 63.8 Å². The van der Waals surface area contributed by atoms with Crippen LogP contribution in [-0.2, 0) is 14.3 Å². The number of nitro benzene ring substituents is 1. The second-order valence-corrected chi connectivity index (χ2v) is 6.61. The third-order valence-electron chi connectivity index (χ3n) is 4.29. The van der Waals surface area contributed by atoms with Crippen LogP contribution in [0, 0.1) is 17.0 Å². The summed E-state index contributed by atoms with van der Waals surface area (Å²) >= 11 is 0. The summed E-state index contributed by atoms with van der Waals surface area (Å²) in [5.74, 6) is -1.87. The van der Waals surface area contributed by atoms with Gasteiger partial charge in [-0.15, -0.1) is 0 Å². The quantitative estimate of drug-likeness (QED) is 0.283. The molecule has 0 spiro atoms. The highest BCUT2D eigenvalue weighted by atomic mass is 16.6. The lowest BCUT2D eigenvalue weighted by molar-refractivity contribution is -0.384. The normalized spacial score (nSPS) is 10.5. The van der Waals surface area contributed by atoms with Gasteiger partial charge >= 0.3 is 5.97 Å². The summed E-state index contributed by atoms with van der Waals surface area (Å²) < 4.78 is 4.85. The highest BCUT2D eigenvalue weighted by Crippen LogP contribution is 2.25. The number of anilines is 1. The van der Waals surface area contributed by atoms with E-state index in [4.69, 9.17) is 4.74 Å². The van der Waals surface area contributed by atoms with E-state index in [2.05, 4.69) is 20.8 Å². The molecule has 3 aromatic rings. The molecular weight excluding hydrogens is 406 g/mol. The molecule has 31 heavy (non-hydrogen) atoms. The summed E-state index contributed by atoms with van der Waals surface area (Å²) in [6.45, 7) is 1.07. The minimum atomic E-state index is -0.715. The Balaban J connectivity index is 1.44. The van der Waals surface area contributed by atoms with E-state index in [0.29, 0.717) is 16.5 Å². The third kappa shape index (κ3) is 5.41. The molecule has 0 saturated heterocycles. The van der Waals surface area contributed by atoms with Crippen molar-refractivity contribution in [2.24, 2.45) is 0 Å². The molecule has 2 aromatic carbocycles. The monoisotopic (exact) mass is 425 g/mol. The second-order valence-electron chi connectivity index (χ2n) is 6.61. The lowest BCUT2D eigenvalue weighted by Gasteiger charge is -2.08. The molecule has 3 rings (SSSR count). The van der Waals surface area contributed by atoms with Crippen LogP contribution in [0.15, 0.2) is 42.5 Å². The van der Waals surface area contributed by atoms with Crippen LogP contribution in [0.1, 0.15) is 22.5 Å². The summed E-state index contributed by atoms with van der Waals surface area (Å²) in [4.78, 5) is 46.4. The van der Waals surface area contributed by atoms with E-state index in [-0.39, 0.29) is 30.0 Å². The molecule has 0 aliphatic carbocycles. The molecule has 0 atom stereocenters. The van der Waals surface area contributed by atoms with Gasteiger partial charge in [-0.3, -0.25) is 29.6 Å². The van der Waals surface area contributed by atoms with Crippen molar-refractivity contribution in [3.63, 3.8) is 0 Å². The number of aromatic amines is 1. The van der Waals surface area contributed by atoms with E-state index < -0.39 is 29.3 Å². The molecular formula is C20H19N5O6. The zero-order chi connectivity index (χ0) is 22.4. The van der Waals surface area contributed by atoms with Crippen LogP contribution >= 0.6 is 0 Å². The number of carbonyl (C=O) groups is 3. The molecule has 2 amide bonds. The number of nitro groups is 1. The number of H-pyrrole nitrogens is 1. The predicted molar refractivity (Wildman–Crippen MR) is 110 cm³/mol. The van der Waals surface area contributed by atoms with Crippen molar-refractivity contribution in [1.82, 2.24) is 15.5 Å². The first-order valence-corrected chi connectivity index (χ1v) is 9.27. The molecule has 0 radical (unpaired) electrons. The number of carbonyl (C=O) groups excluding carboxylic acids is 3. The number of benzene rings is 2. The Kier molecular flexibility index (Phi) is 6.55. The Morgan fingerprint density at radius 2 is 1.97 bits per heavy atom. The fourth-order valence-corrected chi connectivity index (χ4v) is 2.80. The zero-order valence-corrected chi connectivity index (χ0v) is 16.5. The fraction of sp³-hybridized carbons (Fsp3) is 0.200. The molecule has 1 heterocycles. The summed E-state index contributed by atoms with van der Waals surface area (Å²) in [7, 11) is 0. The number of para-hydroxylation sites is 1. The molecule has 1 aromatic heterocycles. The van der Waals surface area contributed by atoms with Gasteiger partial charge in [0.2, 0.25) is 0 Å². The minimum Gasteiger partial charge on any atom is -0.456 e. The number of fused-ring (bicyclic) bond motifs is 1. The Labute approximate surface area is 175 Å². The first-order valence-electron chi connectivity index (χ1n) is 9.27. The lowest BCUT2D eigenvalue weighted by atomic mass is 10.2. The second kappa shape index (κ2) is 9.48. The molecule has 0 aliphatic rings. The van der Waals surface area contributed by atoms with Gasteiger partial charge in [-0.05, 0) is 24.6 Å². The number of aromatic nitrogens is 2. The number of ether oxygens (including phenoxy) is 1. The maximum Gasteiger partial charge on any atom is 0.308 e. The van der Waals surface area contributed by atoms with E-state index >= 15 is 0 Å². The number of esters is 1. The third-order valence-corrected chi connectivity index (χ3v) is 4.29. The molecule has 11 heteroatoms. The van der Waals surface area contributed by atoms with Gasteiger partial charge in [0.25, 0.3) is 17.5 Å². The van der Waals surface area contributed by atoms with Crippen LogP contribution < -0.4 is 10.6 Å². The number of nitrogens with one attached hydrogen (secondary N) is 3. The van der Waals surface area contributed by atoms with Crippen LogP contribution in [0.2, 0.25) is 0 Å². The van der Waals surface area contributed by atoms with Gasteiger partial charge in [0.15, 0.2) is 12.3 Å². The number of rotatable bonds is 8. The summed E-state index contributed by atoms with van der Waals surface area (Å²) in [5.41, 5.74) is 1.35. The standard InChI is InChI=1S/C20H19N5O6/c1-12-6-7-15(16(10-12)25(29)30)22-17(26)11-31-18(27)8-9-21-20(28)19-13-4-2-3-5-14(13)23-24-19/h2-7,10H,8-9,11H2,1H3,(H,21,28)(H,22,26)(H,23,24). The molecule has 160 valence electrons. The van der Waals surface area contributed by atoms with Gasteiger partial charge < -0.3 is 15.4 Å². The molecule has 3 N–H and O–H groups in total. The van der Waals surface area contributed by atoms with Gasteiger partial charge in [0.05, 0.1) is 16.9 Å². The van der Waals surface area contributed by atoms with Crippen LogP contribution in [0.3, 0.4) is 0 Å². The fourth-order valence-electron chi connectivity index (χ4n) is 2.80. The van der Waals surface area contributed by atoms with Crippen molar-refractivity contribution in [3.8, 4) is 0 Å². The maximum atomic E-state index is 12.2. The van der Waals surface area contributed by atoms with Crippen LogP contribution in [0.25, 0.3) is 10.9 Å². The maximum absolute atomic E-state index is 12.2. The minimum absolute atomic E-state index is 0.00939. The lowest BCUT2D eigenvalue weighted by Crippen LogP contribution is -2.28. The van der Waals surface area contributed by atoms with E-state index in [9.17, 15) is 24.5 Å². The number of aryl methyl sites for hydroxylation is 1. The van der Waals surface area contributed by atoms with Crippen molar-refractivity contribution in [1.29, 1.82) is 0 Å². The predicted octanol–water partition coefficient (Wildman–Crippen LogP) is 2.08. The van der Waals surface area contributed by atoms with Crippen LogP contribution in [-0.4, -0.2) is 46.1 Å². The van der Waals surface area contributed by atoms with Gasteiger partial charge in [0.1, 0.15) is 5.69 Å². The van der Waals surface area contributed by atoms with Gasteiger partial charge in [-0.25, -0.2) is 0 Å². The molecule has 0 aliphatic heterocycles. The first kappa shape index (κ1) is 21.4. The van der Waals surface area contributed by atoms with Gasteiger partial charge in [0, 0.05) is 18.0 Å². The molecule has 0 fully saturated rings. The number of hydrogen-bond donors (Lipinski definition) is 3. The Morgan fingerprint density at radius 3 is 2.74 bits per heavy atom. The first-order chi connectivity index (χ1) is 14.8. The average molecular weight is 425 g/mol. The van der Waals surface area contributed by atoms with Crippen LogP contribution in [0.4, 0.5) is 11.4 Å². The van der Waals surface area contributed by atoms with Crippen LogP contribution in [0.5, 0.6) is 0 Å². The Hall–Kier alpha value is -4.28. The highest BCUT2D eigenvalue weighted by Gasteiger charge is 2.17. The highest BCUT2D eigenvalue weighted by molar-refractivity contribution is 6.04. The van der Waals surface area contributed by atoms with E-state index in [1.807, 2.05) is 6.07 Å². The Bertz CT molecular complexity index is 1160. The molecule has 0 unspecified atom stereocenters. The number of amides is 2. The van der Waals surface area contributed by atoms with Crippen molar-refractivity contribution in [2.45, 2.75) is 13.3 Å². The summed E-state index contributed by atoms with van der Waals surface area (Å²) in [6, 6.07) is 11.5. The largest absolute Gasteiger partial charge is 0.456 e. The summed E-state index contributed by atoms with van der Waals surface area (Å²) in [5, 5.41) is 23.4. The van der Waals surface area contributed by atoms with E-state index in [0.717, 1.165) is 0 Å². The average Bonchev–Trinajstić information content (AvgIpc) is 3.17. The van der Waals surface area contributed by atoms with Gasteiger partial charge in [-0.2, -0.15) is 5.10 Å². The van der Waals surface area contributed by atoms with Crippen molar-refractivity contribution in [2.75, 3.05) is 18.5 Å². The number of hydrogen-bond acceptors (Lipinski definition) is 7. The SMILES string of the molecule is Cc1ccc(NC(=O)COC(=O)CCNC(=O)c2n[nH]c3ccccc23)c([N+](=O)[O-])c1. The van der Waals surface area contributed by atoms with Gasteiger partial charge in [-0.1, -0.05) is 24.3 Å². The Morgan fingerprint density at radius 1 is 1.19 bits per heavy atom. The summed E-state index contributed by atoms with van der Waals surface area (Å²) in [6.07, 6.45) is -0.161. The van der Waals surface area contributed by atoms with E-state index in [1.54, 1.807) is 31.2 Å². The number of nitrogens with zero attached hydrogens (tertiary/aromatic N) is 2. The zero-order valence-electron chi connectivity index (χ0n) is 16.5. The van der Waals surface area contributed by atoms with E-state index in [1.165, 1.54) is 12.1 Å². The smallest absolute Gasteiger partial charge is 0.308 e. The molecule has 0 saturated carbocycles. The molecule has 0 bridgehead atoms. The van der Waals surface area contributed by atoms with Crippen molar-refractivity contribution < 1.29 is 24.0 Å².